The summed E-state index contributed by atoms with van der Waals surface area (Å²) in [5, 5.41) is 11.8. The number of phenolic OH excluding ortho intramolecular Hbond substituents is 1. The van der Waals surface area contributed by atoms with E-state index in [9.17, 15) is 9.90 Å². The Kier molecular flexibility index (Phi) is 4.01. The lowest BCUT2D eigenvalue weighted by Crippen LogP contribution is -2.29. The van der Waals surface area contributed by atoms with Crippen molar-refractivity contribution in [3.05, 3.63) is 66.2 Å². The maximum absolute atomic E-state index is 12.2. The van der Waals surface area contributed by atoms with Gasteiger partial charge in [-0.05, 0) is 47.2 Å². The van der Waals surface area contributed by atoms with Crippen molar-refractivity contribution in [2.45, 2.75) is 0 Å². The molecule has 0 saturated heterocycles. The minimum atomic E-state index is -0.413. The molecular formula is C18H16N2O3. The molecule has 1 amide bonds. The van der Waals surface area contributed by atoms with Gasteiger partial charge >= 0.3 is 0 Å². The van der Waals surface area contributed by atoms with Gasteiger partial charge in [-0.15, -0.1) is 0 Å². The number of fused-ring (bicyclic) bond motifs is 1. The zero-order valence-corrected chi connectivity index (χ0v) is 12.5. The van der Waals surface area contributed by atoms with Crippen molar-refractivity contribution in [3.63, 3.8) is 0 Å². The van der Waals surface area contributed by atoms with Gasteiger partial charge in [0.15, 0.2) is 0 Å². The molecule has 0 aliphatic carbocycles. The van der Waals surface area contributed by atoms with E-state index < -0.39 is 5.91 Å². The van der Waals surface area contributed by atoms with E-state index in [-0.39, 0.29) is 11.3 Å². The average molecular weight is 308 g/mol. The van der Waals surface area contributed by atoms with Crippen LogP contribution in [-0.2, 0) is 0 Å². The number of carbonyl (C=O) groups is 1. The second-order valence-corrected chi connectivity index (χ2v) is 5.02. The number of amides is 1. The molecule has 3 aromatic carbocycles. The van der Waals surface area contributed by atoms with E-state index in [2.05, 4.69) is 10.9 Å². The molecule has 3 N–H and O–H groups in total. The van der Waals surface area contributed by atoms with Crippen molar-refractivity contribution >= 4 is 22.4 Å². The van der Waals surface area contributed by atoms with Crippen molar-refractivity contribution in [3.8, 4) is 11.5 Å². The number of phenols is 1. The molecule has 0 aromatic heterocycles. The molecule has 0 atom stereocenters. The third-order valence-corrected chi connectivity index (χ3v) is 3.52. The van der Waals surface area contributed by atoms with Gasteiger partial charge in [0.1, 0.15) is 11.5 Å². The summed E-state index contributed by atoms with van der Waals surface area (Å²) < 4.78 is 5.07. The second kappa shape index (κ2) is 6.27. The van der Waals surface area contributed by atoms with E-state index in [0.29, 0.717) is 5.69 Å². The number of hydrogen-bond acceptors (Lipinski definition) is 4. The van der Waals surface area contributed by atoms with Gasteiger partial charge in [-0.25, -0.2) is 0 Å². The SMILES string of the molecule is COc1ccc(NNC(=O)c2cc3ccccc3cc2O)cc1. The number of carbonyl (C=O) groups excluding carboxylic acids is 1. The summed E-state index contributed by atoms with van der Waals surface area (Å²) in [5.74, 6) is 0.260. The quantitative estimate of drug-likeness (QED) is 0.647. The lowest BCUT2D eigenvalue weighted by Gasteiger charge is -2.11. The van der Waals surface area contributed by atoms with Crippen molar-refractivity contribution in [1.29, 1.82) is 0 Å². The van der Waals surface area contributed by atoms with E-state index in [1.54, 1.807) is 43.5 Å². The van der Waals surface area contributed by atoms with E-state index >= 15 is 0 Å². The number of nitrogens with one attached hydrogen (secondary N) is 2. The molecule has 0 radical (unpaired) electrons. The Balaban J connectivity index is 1.76. The van der Waals surface area contributed by atoms with Gasteiger partial charge in [0, 0.05) is 0 Å². The third kappa shape index (κ3) is 3.18. The Bertz CT molecular complexity index is 845. The smallest absolute Gasteiger partial charge is 0.273 e. The monoisotopic (exact) mass is 308 g/mol. The lowest BCUT2D eigenvalue weighted by molar-refractivity contribution is 0.0960. The molecular weight excluding hydrogens is 292 g/mol. The highest BCUT2D eigenvalue weighted by molar-refractivity contribution is 6.01. The van der Waals surface area contributed by atoms with Crippen LogP contribution in [0.3, 0.4) is 0 Å². The van der Waals surface area contributed by atoms with Crippen LogP contribution in [0.2, 0.25) is 0 Å². The van der Waals surface area contributed by atoms with Crippen LogP contribution in [0.25, 0.3) is 10.8 Å². The summed E-state index contributed by atoms with van der Waals surface area (Å²) in [5.41, 5.74) is 6.29. The molecule has 0 bridgehead atoms. The number of rotatable bonds is 4. The topological polar surface area (TPSA) is 70.6 Å². The first-order chi connectivity index (χ1) is 11.2. The molecule has 5 heteroatoms. The summed E-state index contributed by atoms with van der Waals surface area (Å²) in [6.07, 6.45) is 0. The van der Waals surface area contributed by atoms with Gasteiger partial charge in [0.05, 0.1) is 18.4 Å². The van der Waals surface area contributed by atoms with Gasteiger partial charge in [-0.3, -0.25) is 15.6 Å². The first-order valence-corrected chi connectivity index (χ1v) is 7.09. The Labute approximate surface area is 133 Å². The van der Waals surface area contributed by atoms with Crippen LogP contribution >= 0.6 is 0 Å². The number of ether oxygens (including phenoxy) is 1. The predicted octanol–water partition coefficient (Wildman–Crippen LogP) is 3.31. The Morgan fingerprint density at radius 2 is 1.65 bits per heavy atom. The summed E-state index contributed by atoms with van der Waals surface area (Å²) in [6, 6.07) is 17.9. The largest absolute Gasteiger partial charge is 0.507 e. The first-order valence-electron chi connectivity index (χ1n) is 7.09. The predicted molar refractivity (Wildman–Crippen MR) is 89.7 cm³/mol. The van der Waals surface area contributed by atoms with E-state index in [1.165, 1.54) is 0 Å². The molecule has 0 fully saturated rings. The summed E-state index contributed by atoms with van der Waals surface area (Å²) >= 11 is 0. The molecule has 3 aromatic rings. The van der Waals surface area contributed by atoms with E-state index in [1.807, 2.05) is 24.3 Å². The highest BCUT2D eigenvalue weighted by Gasteiger charge is 2.12. The highest BCUT2D eigenvalue weighted by Crippen LogP contribution is 2.25. The van der Waals surface area contributed by atoms with Crippen molar-refractivity contribution in [2.75, 3.05) is 12.5 Å². The summed E-state index contributed by atoms with van der Waals surface area (Å²) in [6.45, 7) is 0. The molecule has 0 unspecified atom stereocenters. The zero-order chi connectivity index (χ0) is 16.2. The number of hydrogen-bond donors (Lipinski definition) is 3. The standard InChI is InChI=1S/C18H16N2O3/c1-23-15-8-6-14(7-9-15)19-20-18(22)16-10-12-4-2-3-5-13(12)11-17(16)21/h2-11,19,21H,1H3,(H,20,22). The zero-order valence-electron chi connectivity index (χ0n) is 12.5. The molecule has 0 aliphatic rings. The minimum absolute atomic E-state index is 0.0577. The highest BCUT2D eigenvalue weighted by atomic mass is 16.5. The number of hydrazine groups is 1. The molecule has 0 heterocycles. The van der Waals surface area contributed by atoms with Crippen LogP contribution in [0, 0.1) is 0 Å². The Morgan fingerprint density at radius 1 is 1.00 bits per heavy atom. The summed E-state index contributed by atoms with van der Waals surface area (Å²) in [4.78, 5) is 12.2. The van der Waals surface area contributed by atoms with Crippen LogP contribution in [0.5, 0.6) is 11.5 Å². The van der Waals surface area contributed by atoms with Crippen LogP contribution in [0.1, 0.15) is 10.4 Å². The van der Waals surface area contributed by atoms with Crippen molar-refractivity contribution < 1.29 is 14.6 Å². The fraction of sp³-hybridized carbons (Fsp3) is 0.0556. The lowest BCUT2D eigenvalue weighted by atomic mass is 10.1. The van der Waals surface area contributed by atoms with Crippen LogP contribution < -0.4 is 15.6 Å². The molecule has 23 heavy (non-hydrogen) atoms. The molecule has 0 saturated carbocycles. The number of anilines is 1. The Morgan fingerprint density at radius 3 is 2.30 bits per heavy atom. The average Bonchev–Trinajstić information content (AvgIpc) is 2.59. The maximum atomic E-state index is 12.2. The molecule has 3 rings (SSSR count). The van der Waals surface area contributed by atoms with E-state index in [4.69, 9.17) is 4.74 Å². The van der Waals surface area contributed by atoms with Crippen LogP contribution in [0.4, 0.5) is 5.69 Å². The van der Waals surface area contributed by atoms with Crippen LogP contribution in [0.15, 0.2) is 60.7 Å². The summed E-state index contributed by atoms with van der Waals surface area (Å²) in [7, 11) is 1.59. The number of methoxy groups -OCH3 is 1. The van der Waals surface area contributed by atoms with Gasteiger partial charge in [-0.2, -0.15) is 0 Å². The number of benzene rings is 3. The van der Waals surface area contributed by atoms with Gasteiger partial charge in [0.25, 0.3) is 5.91 Å². The van der Waals surface area contributed by atoms with Gasteiger partial charge in [-0.1, -0.05) is 24.3 Å². The van der Waals surface area contributed by atoms with Gasteiger partial charge < -0.3 is 9.84 Å². The molecule has 0 aliphatic heterocycles. The number of aromatic hydroxyl groups is 1. The fourth-order valence-corrected chi connectivity index (χ4v) is 2.28. The molecule has 116 valence electrons. The van der Waals surface area contributed by atoms with E-state index in [0.717, 1.165) is 16.5 Å². The minimum Gasteiger partial charge on any atom is -0.507 e. The normalized spacial score (nSPS) is 10.3. The maximum Gasteiger partial charge on any atom is 0.273 e. The fourth-order valence-electron chi connectivity index (χ4n) is 2.28. The third-order valence-electron chi connectivity index (χ3n) is 3.52. The van der Waals surface area contributed by atoms with Crippen molar-refractivity contribution in [2.24, 2.45) is 0 Å². The second-order valence-electron chi connectivity index (χ2n) is 5.02. The Hall–Kier alpha value is -3.21. The molecule has 0 spiro atoms. The van der Waals surface area contributed by atoms with Crippen molar-refractivity contribution in [1.82, 2.24) is 5.43 Å². The first kappa shape index (κ1) is 14.7. The van der Waals surface area contributed by atoms with Gasteiger partial charge in [0.2, 0.25) is 0 Å². The molecule has 5 nitrogen and oxygen atoms in total. The van der Waals surface area contributed by atoms with Crippen LogP contribution in [-0.4, -0.2) is 18.1 Å².